The van der Waals surface area contributed by atoms with Crippen LogP contribution in [-0.4, -0.2) is 30.5 Å². The number of piperidine rings is 1. The number of rotatable bonds is 3. The van der Waals surface area contributed by atoms with Gasteiger partial charge in [0.05, 0.1) is 6.54 Å². The van der Waals surface area contributed by atoms with Crippen LogP contribution in [-0.2, 0) is 0 Å². The van der Waals surface area contributed by atoms with Crippen molar-refractivity contribution in [2.75, 3.05) is 19.6 Å². The number of hydrogen-bond donors (Lipinski definition) is 1. The van der Waals surface area contributed by atoms with Gasteiger partial charge in [0.2, 0.25) is 0 Å². The van der Waals surface area contributed by atoms with Gasteiger partial charge in [0.15, 0.2) is 5.96 Å². The Balaban J connectivity index is 1.85. The predicted molar refractivity (Wildman–Crippen MR) is 79.2 cm³/mol. The second-order valence-electron chi connectivity index (χ2n) is 5.28. The fraction of sp³-hybridized carbons (Fsp3) is 0.643. The molecule has 0 radical (unpaired) electrons. The molecule has 1 fully saturated rings. The Bertz CT molecular complexity index is 378. The first-order valence-electron chi connectivity index (χ1n) is 6.75. The summed E-state index contributed by atoms with van der Waals surface area (Å²) in [5, 5.41) is 2.12. The summed E-state index contributed by atoms with van der Waals surface area (Å²) in [7, 11) is 0. The SMILES string of the molecule is CC1CCN(C(N)=NCC(C)c2cccs2)CC1. The van der Waals surface area contributed by atoms with E-state index in [2.05, 4.69) is 41.3 Å². The lowest BCUT2D eigenvalue weighted by atomic mass is 10.00. The number of hydrogen-bond acceptors (Lipinski definition) is 2. The molecule has 0 aromatic carbocycles. The van der Waals surface area contributed by atoms with E-state index in [1.165, 1.54) is 17.7 Å². The molecule has 0 amide bonds. The number of thiophene rings is 1. The average molecular weight is 265 g/mol. The van der Waals surface area contributed by atoms with E-state index in [0.717, 1.165) is 31.5 Å². The number of guanidine groups is 1. The average Bonchev–Trinajstić information content (AvgIpc) is 2.90. The third-order valence-corrected chi connectivity index (χ3v) is 4.77. The standard InChI is InChI=1S/C14H23N3S/c1-11-5-7-17(8-6-11)14(15)16-10-12(2)13-4-3-9-18-13/h3-4,9,11-12H,5-8,10H2,1-2H3,(H2,15,16). The van der Waals surface area contributed by atoms with Crippen molar-refractivity contribution in [1.82, 2.24) is 4.90 Å². The largest absolute Gasteiger partial charge is 0.370 e. The van der Waals surface area contributed by atoms with Crippen LogP contribution in [0.2, 0.25) is 0 Å². The van der Waals surface area contributed by atoms with Crippen LogP contribution in [0, 0.1) is 5.92 Å². The van der Waals surface area contributed by atoms with Gasteiger partial charge >= 0.3 is 0 Å². The van der Waals surface area contributed by atoms with Crippen LogP contribution >= 0.6 is 11.3 Å². The van der Waals surface area contributed by atoms with Crippen molar-refractivity contribution in [3.05, 3.63) is 22.4 Å². The Kier molecular flexibility index (Phi) is 4.64. The molecule has 2 heterocycles. The van der Waals surface area contributed by atoms with E-state index < -0.39 is 0 Å². The minimum absolute atomic E-state index is 0.465. The summed E-state index contributed by atoms with van der Waals surface area (Å²) in [6, 6.07) is 4.26. The summed E-state index contributed by atoms with van der Waals surface area (Å²) in [6.45, 7) is 7.43. The third kappa shape index (κ3) is 3.48. The molecule has 18 heavy (non-hydrogen) atoms. The second-order valence-corrected chi connectivity index (χ2v) is 6.26. The molecule has 100 valence electrons. The van der Waals surface area contributed by atoms with Gasteiger partial charge in [-0.1, -0.05) is 19.9 Å². The van der Waals surface area contributed by atoms with Crippen molar-refractivity contribution in [2.45, 2.75) is 32.6 Å². The molecule has 0 aliphatic carbocycles. The Morgan fingerprint density at radius 2 is 2.28 bits per heavy atom. The molecule has 1 saturated heterocycles. The number of nitrogens with two attached hydrogens (primary N) is 1. The minimum atomic E-state index is 0.465. The van der Waals surface area contributed by atoms with Gasteiger partial charge in [0.1, 0.15) is 0 Å². The first kappa shape index (κ1) is 13.4. The smallest absolute Gasteiger partial charge is 0.191 e. The topological polar surface area (TPSA) is 41.6 Å². The molecule has 0 spiro atoms. The van der Waals surface area contributed by atoms with Gasteiger partial charge in [-0.25, -0.2) is 0 Å². The molecule has 3 nitrogen and oxygen atoms in total. The molecule has 2 N–H and O–H groups in total. The Labute approximate surface area is 114 Å². The summed E-state index contributed by atoms with van der Waals surface area (Å²) < 4.78 is 0. The summed E-state index contributed by atoms with van der Waals surface area (Å²) >= 11 is 1.79. The molecular weight excluding hydrogens is 242 g/mol. The first-order chi connectivity index (χ1) is 8.66. The number of aliphatic imine (C=N–C) groups is 1. The van der Waals surface area contributed by atoms with Crippen LogP contribution in [0.1, 0.15) is 37.5 Å². The molecule has 1 aliphatic heterocycles. The zero-order chi connectivity index (χ0) is 13.0. The highest BCUT2D eigenvalue weighted by atomic mass is 32.1. The summed E-state index contributed by atoms with van der Waals surface area (Å²) in [5.41, 5.74) is 6.07. The second kappa shape index (κ2) is 6.23. The van der Waals surface area contributed by atoms with Crippen molar-refractivity contribution in [1.29, 1.82) is 0 Å². The lowest BCUT2D eigenvalue weighted by molar-refractivity contribution is 0.277. The quantitative estimate of drug-likeness (QED) is 0.674. The van der Waals surface area contributed by atoms with Gasteiger partial charge in [-0.05, 0) is 30.2 Å². The molecule has 2 rings (SSSR count). The van der Waals surface area contributed by atoms with Crippen LogP contribution in [0.25, 0.3) is 0 Å². The lowest BCUT2D eigenvalue weighted by Gasteiger charge is -2.31. The van der Waals surface area contributed by atoms with E-state index in [4.69, 9.17) is 5.73 Å². The lowest BCUT2D eigenvalue weighted by Crippen LogP contribution is -2.42. The van der Waals surface area contributed by atoms with E-state index in [1.54, 1.807) is 11.3 Å². The molecule has 1 aromatic rings. The van der Waals surface area contributed by atoms with Gasteiger partial charge in [0.25, 0.3) is 0 Å². The summed E-state index contributed by atoms with van der Waals surface area (Å²) in [6.07, 6.45) is 2.47. The minimum Gasteiger partial charge on any atom is -0.370 e. The van der Waals surface area contributed by atoms with Gasteiger partial charge in [-0.15, -0.1) is 11.3 Å². The maximum atomic E-state index is 6.07. The number of likely N-dealkylation sites (tertiary alicyclic amines) is 1. The van der Waals surface area contributed by atoms with Crippen molar-refractivity contribution in [3.8, 4) is 0 Å². The van der Waals surface area contributed by atoms with E-state index >= 15 is 0 Å². The van der Waals surface area contributed by atoms with Crippen molar-refractivity contribution in [2.24, 2.45) is 16.6 Å². The van der Waals surface area contributed by atoms with E-state index in [-0.39, 0.29) is 0 Å². The van der Waals surface area contributed by atoms with Gasteiger partial charge in [-0.3, -0.25) is 4.99 Å². The fourth-order valence-electron chi connectivity index (χ4n) is 2.23. The fourth-order valence-corrected chi connectivity index (χ4v) is 3.01. The monoisotopic (exact) mass is 265 g/mol. The maximum Gasteiger partial charge on any atom is 0.191 e. The van der Waals surface area contributed by atoms with Gasteiger partial charge in [0, 0.05) is 23.9 Å². The van der Waals surface area contributed by atoms with E-state index in [9.17, 15) is 0 Å². The molecule has 1 aliphatic rings. The molecule has 0 bridgehead atoms. The Morgan fingerprint density at radius 1 is 1.56 bits per heavy atom. The normalized spacial score (nSPS) is 20.1. The molecular formula is C14H23N3S. The van der Waals surface area contributed by atoms with E-state index in [1.807, 2.05) is 0 Å². The van der Waals surface area contributed by atoms with Crippen molar-refractivity contribution < 1.29 is 0 Å². The van der Waals surface area contributed by atoms with Crippen LogP contribution in [0.15, 0.2) is 22.5 Å². The predicted octanol–water partition coefficient (Wildman–Crippen LogP) is 2.90. The molecule has 1 aromatic heterocycles. The number of nitrogens with zero attached hydrogens (tertiary/aromatic N) is 2. The molecule has 1 atom stereocenters. The molecule has 4 heteroatoms. The van der Waals surface area contributed by atoms with Crippen LogP contribution < -0.4 is 5.73 Å². The van der Waals surface area contributed by atoms with Gasteiger partial charge < -0.3 is 10.6 Å². The highest BCUT2D eigenvalue weighted by Gasteiger charge is 2.17. The van der Waals surface area contributed by atoms with Gasteiger partial charge in [-0.2, -0.15) is 0 Å². The summed E-state index contributed by atoms with van der Waals surface area (Å²) in [4.78, 5) is 8.17. The Morgan fingerprint density at radius 3 is 2.89 bits per heavy atom. The highest BCUT2D eigenvalue weighted by molar-refractivity contribution is 7.10. The van der Waals surface area contributed by atoms with Crippen molar-refractivity contribution in [3.63, 3.8) is 0 Å². The summed E-state index contributed by atoms with van der Waals surface area (Å²) in [5.74, 6) is 2.02. The van der Waals surface area contributed by atoms with Crippen LogP contribution in [0.4, 0.5) is 0 Å². The Hall–Kier alpha value is -1.03. The zero-order valence-corrected chi connectivity index (χ0v) is 12.1. The third-order valence-electron chi connectivity index (χ3n) is 3.66. The van der Waals surface area contributed by atoms with E-state index in [0.29, 0.717) is 5.92 Å². The first-order valence-corrected chi connectivity index (χ1v) is 7.63. The molecule has 0 saturated carbocycles. The molecule has 1 unspecified atom stereocenters. The van der Waals surface area contributed by atoms with Crippen LogP contribution in [0.5, 0.6) is 0 Å². The van der Waals surface area contributed by atoms with Crippen LogP contribution in [0.3, 0.4) is 0 Å². The van der Waals surface area contributed by atoms with Crippen molar-refractivity contribution >= 4 is 17.3 Å². The zero-order valence-electron chi connectivity index (χ0n) is 11.3. The highest BCUT2D eigenvalue weighted by Crippen LogP contribution is 2.21. The maximum absolute atomic E-state index is 6.07.